The molecule has 0 radical (unpaired) electrons. The number of benzene rings is 2. The average molecular weight is 417 g/mol. The maximum Gasteiger partial charge on any atom is 0.328 e. The van der Waals surface area contributed by atoms with Crippen molar-refractivity contribution in [2.24, 2.45) is 14.1 Å². The fourth-order valence-electron chi connectivity index (χ4n) is 3.18. The minimum Gasteiger partial charge on any atom is -0.358 e. The van der Waals surface area contributed by atoms with Gasteiger partial charge in [-0.2, -0.15) is 0 Å². The second-order valence-electron chi connectivity index (χ2n) is 7.00. The topological polar surface area (TPSA) is 93.4 Å². The van der Waals surface area contributed by atoms with Crippen molar-refractivity contribution in [1.29, 1.82) is 0 Å². The standard InChI is InChI=1S/C20H24N4O4S/c1-13-6-7-15(10-14(13)2)24(12-19(25)21-3)29(27,28)16-8-9-17-18(11-16)23(5)20(26)22(17)4/h6-11H,12H2,1-5H3,(H,21,25). The minimum atomic E-state index is -4.05. The van der Waals surface area contributed by atoms with Crippen molar-refractivity contribution < 1.29 is 13.2 Å². The SMILES string of the molecule is CNC(=O)CN(c1ccc(C)c(C)c1)S(=O)(=O)c1ccc2c(c1)n(C)c(=O)n2C. The summed E-state index contributed by atoms with van der Waals surface area (Å²) in [6.07, 6.45) is 0. The lowest BCUT2D eigenvalue weighted by atomic mass is 10.1. The Hall–Kier alpha value is -3.07. The van der Waals surface area contributed by atoms with E-state index in [2.05, 4.69) is 5.32 Å². The molecule has 0 unspecified atom stereocenters. The van der Waals surface area contributed by atoms with Crippen LogP contribution < -0.4 is 15.3 Å². The number of nitrogens with one attached hydrogen (secondary N) is 1. The highest BCUT2D eigenvalue weighted by Crippen LogP contribution is 2.27. The maximum absolute atomic E-state index is 13.5. The summed E-state index contributed by atoms with van der Waals surface area (Å²) >= 11 is 0. The first kappa shape index (κ1) is 20.7. The molecule has 0 aliphatic heterocycles. The van der Waals surface area contributed by atoms with Gasteiger partial charge in [0.2, 0.25) is 5.91 Å². The number of anilines is 1. The van der Waals surface area contributed by atoms with Crippen LogP contribution >= 0.6 is 0 Å². The number of fused-ring (bicyclic) bond motifs is 1. The zero-order valence-electron chi connectivity index (χ0n) is 17.1. The van der Waals surface area contributed by atoms with Gasteiger partial charge in [-0.05, 0) is 55.3 Å². The van der Waals surface area contributed by atoms with Crippen LogP contribution in [0.3, 0.4) is 0 Å². The van der Waals surface area contributed by atoms with Gasteiger partial charge in [0.15, 0.2) is 0 Å². The van der Waals surface area contributed by atoms with Crippen LogP contribution in [0.5, 0.6) is 0 Å². The second-order valence-corrected chi connectivity index (χ2v) is 8.87. The van der Waals surface area contributed by atoms with Crippen LogP contribution in [-0.2, 0) is 28.9 Å². The molecule has 8 nitrogen and oxygen atoms in total. The van der Waals surface area contributed by atoms with E-state index in [1.54, 1.807) is 32.3 Å². The Morgan fingerprint density at radius 3 is 2.28 bits per heavy atom. The van der Waals surface area contributed by atoms with Crippen molar-refractivity contribution in [1.82, 2.24) is 14.5 Å². The smallest absolute Gasteiger partial charge is 0.328 e. The third kappa shape index (κ3) is 3.53. The van der Waals surface area contributed by atoms with Gasteiger partial charge in [-0.1, -0.05) is 6.07 Å². The van der Waals surface area contributed by atoms with Crippen molar-refractivity contribution in [3.05, 3.63) is 58.0 Å². The largest absolute Gasteiger partial charge is 0.358 e. The summed E-state index contributed by atoms with van der Waals surface area (Å²) in [4.78, 5) is 24.3. The predicted molar refractivity (Wildman–Crippen MR) is 113 cm³/mol. The first-order valence-corrected chi connectivity index (χ1v) is 10.5. The van der Waals surface area contributed by atoms with Crippen molar-refractivity contribution in [2.45, 2.75) is 18.7 Å². The van der Waals surface area contributed by atoms with Crippen LogP contribution in [0, 0.1) is 13.8 Å². The highest BCUT2D eigenvalue weighted by atomic mass is 32.2. The highest BCUT2D eigenvalue weighted by Gasteiger charge is 2.28. The third-order valence-electron chi connectivity index (χ3n) is 5.18. The van der Waals surface area contributed by atoms with E-state index < -0.39 is 15.9 Å². The molecule has 9 heteroatoms. The molecular formula is C20H24N4O4S. The fraction of sp³-hybridized carbons (Fsp3) is 0.300. The van der Waals surface area contributed by atoms with Crippen LogP contribution in [0.2, 0.25) is 0 Å². The molecule has 0 fully saturated rings. The Labute approximate surface area is 169 Å². The molecule has 0 spiro atoms. The maximum atomic E-state index is 13.5. The number of carbonyl (C=O) groups excluding carboxylic acids is 1. The quantitative estimate of drug-likeness (QED) is 0.681. The average Bonchev–Trinajstić information content (AvgIpc) is 2.91. The monoisotopic (exact) mass is 416 g/mol. The zero-order valence-corrected chi connectivity index (χ0v) is 17.9. The number of amides is 1. The summed E-state index contributed by atoms with van der Waals surface area (Å²) in [6.45, 7) is 3.46. The van der Waals surface area contributed by atoms with E-state index in [0.717, 1.165) is 15.4 Å². The Morgan fingerprint density at radius 2 is 1.66 bits per heavy atom. The molecule has 1 aromatic heterocycles. The number of aryl methyl sites for hydroxylation is 4. The summed E-state index contributed by atoms with van der Waals surface area (Å²) in [6, 6.07) is 9.76. The minimum absolute atomic E-state index is 0.00771. The van der Waals surface area contributed by atoms with Gasteiger partial charge in [0, 0.05) is 21.1 Å². The summed E-state index contributed by atoms with van der Waals surface area (Å²) in [5.74, 6) is -0.431. The molecule has 3 aromatic rings. The van der Waals surface area contributed by atoms with Gasteiger partial charge in [-0.25, -0.2) is 13.2 Å². The molecule has 29 heavy (non-hydrogen) atoms. The number of sulfonamides is 1. The van der Waals surface area contributed by atoms with Crippen molar-refractivity contribution in [2.75, 3.05) is 17.9 Å². The van der Waals surface area contributed by atoms with E-state index in [1.165, 1.54) is 28.3 Å². The molecule has 1 N–H and O–H groups in total. The summed E-state index contributed by atoms with van der Waals surface area (Å²) in [5.41, 5.74) is 3.22. The lowest BCUT2D eigenvalue weighted by Gasteiger charge is -2.24. The van der Waals surface area contributed by atoms with Gasteiger partial charge in [0.25, 0.3) is 10.0 Å². The molecule has 1 amide bonds. The normalized spacial score (nSPS) is 11.6. The predicted octanol–water partition coefficient (Wildman–Crippen LogP) is 1.44. The number of hydrogen-bond donors (Lipinski definition) is 1. The lowest BCUT2D eigenvalue weighted by Crippen LogP contribution is -2.39. The van der Waals surface area contributed by atoms with Crippen molar-refractivity contribution in [3.63, 3.8) is 0 Å². The van der Waals surface area contributed by atoms with E-state index in [0.29, 0.717) is 16.7 Å². The molecule has 0 aliphatic rings. The number of rotatable bonds is 5. The van der Waals surface area contributed by atoms with Crippen LogP contribution in [0.15, 0.2) is 46.1 Å². The Bertz CT molecular complexity index is 1270. The summed E-state index contributed by atoms with van der Waals surface area (Å²) in [7, 11) is 0.626. The summed E-state index contributed by atoms with van der Waals surface area (Å²) < 4.78 is 30.9. The number of nitrogens with zero attached hydrogens (tertiary/aromatic N) is 3. The van der Waals surface area contributed by atoms with Crippen molar-refractivity contribution >= 4 is 32.7 Å². The van der Waals surface area contributed by atoms with E-state index in [-0.39, 0.29) is 17.1 Å². The van der Waals surface area contributed by atoms with Gasteiger partial charge in [0.1, 0.15) is 6.54 Å². The first-order chi connectivity index (χ1) is 13.6. The fourth-order valence-corrected chi connectivity index (χ4v) is 4.61. The third-order valence-corrected chi connectivity index (χ3v) is 6.95. The molecule has 2 aromatic carbocycles. The Morgan fingerprint density at radius 1 is 1.00 bits per heavy atom. The Balaban J connectivity index is 2.19. The van der Waals surface area contributed by atoms with Crippen LogP contribution in [0.1, 0.15) is 11.1 Å². The number of hydrogen-bond acceptors (Lipinski definition) is 4. The number of aromatic nitrogens is 2. The number of carbonyl (C=O) groups is 1. The first-order valence-electron chi connectivity index (χ1n) is 9.04. The second kappa shape index (κ2) is 7.40. The molecule has 3 rings (SSSR count). The molecule has 0 atom stereocenters. The van der Waals surface area contributed by atoms with E-state index in [9.17, 15) is 18.0 Å². The van der Waals surface area contributed by atoms with E-state index >= 15 is 0 Å². The van der Waals surface area contributed by atoms with Crippen molar-refractivity contribution in [3.8, 4) is 0 Å². The molecule has 0 saturated carbocycles. The van der Waals surface area contributed by atoms with Gasteiger partial charge in [-0.3, -0.25) is 18.2 Å². The van der Waals surface area contributed by atoms with Gasteiger partial charge < -0.3 is 5.32 Å². The number of imidazole rings is 1. The molecule has 0 bridgehead atoms. The molecular weight excluding hydrogens is 392 g/mol. The van der Waals surface area contributed by atoms with Crippen LogP contribution in [0.25, 0.3) is 11.0 Å². The van der Waals surface area contributed by atoms with Gasteiger partial charge in [0.05, 0.1) is 21.6 Å². The molecule has 0 saturated heterocycles. The Kier molecular flexibility index (Phi) is 5.27. The van der Waals surface area contributed by atoms with Gasteiger partial charge in [-0.15, -0.1) is 0 Å². The highest BCUT2D eigenvalue weighted by molar-refractivity contribution is 7.92. The van der Waals surface area contributed by atoms with Crippen LogP contribution in [-0.4, -0.2) is 37.1 Å². The number of likely N-dealkylation sites (N-methyl/N-ethyl adjacent to an activating group) is 1. The molecule has 154 valence electrons. The lowest BCUT2D eigenvalue weighted by molar-refractivity contribution is -0.119. The van der Waals surface area contributed by atoms with Crippen LogP contribution in [0.4, 0.5) is 5.69 Å². The van der Waals surface area contributed by atoms with E-state index in [1.807, 2.05) is 19.9 Å². The molecule has 1 heterocycles. The summed E-state index contributed by atoms with van der Waals surface area (Å²) in [5, 5.41) is 2.47. The van der Waals surface area contributed by atoms with Gasteiger partial charge >= 0.3 is 5.69 Å². The van der Waals surface area contributed by atoms with E-state index in [4.69, 9.17) is 0 Å². The molecule has 0 aliphatic carbocycles. The zero-order chi connectivity index (χ0) is 21.5.